The van der Waals surface area contributed by atoms with Crippen molar-refractivity contribution in [2.24, 2.45) is 23.0 Å². The van der Waals surface area contributed by atoms with Gasteiger partial charge >= 0.3 is 0 Å². The fourth-order valence-electron chi connectivity index (χ4n) is 4.17. The number of nitrogens with zero attached hydrogens (tertiary/aromatic N) is 1. The maximum absolute atomic E-state index is 13.7. The summed E-state index contributed by atoms with van der Waals surface area (Å²) in [6.45, 7) is 2.43. The van der Waals surface area contributed by atoms with Crippen molar-refractivity contribution in [1.29, 1.82) is 0 Å². The first-order valence-electron chi connectivity index (χ1n) is 8.83. The van der Waals surface area contributed by atoms with Gasteiger partial charge in [0.25, 0.3) is 5.92 Å². The highest BCUT2D eigenvalue weighted by atomic mass is 19.3. The summed E-state index contributed by atoms with van der Waals surface area (Å²) in [6.07, 6.45) is 3.39. The molecule has 0 unspecified atom stereocenters. The molecule has 2 N–H and O–H groups in total. The number of carbonyl (C=O) groups is 2. The maximum atomic E-state index is 13.7. The zero-order valence-corrected chi connectivity index (χ0v) is 14.1. The van der Waals surface area contributed by atoms with Crippen molar-refractivity contribution in [1.82, 2.24) is 4.90 Å². The van der Waals surface area contributed by atoms with Gasteiger partial charge in [0, 0.05) is 26.6 Å². The highest BCUT2D eigenvalue weighted by Crippen LogP contribution is 2.58. The number of likely N-dealkylation sites (tertiary alicyclic amines) is 1. The molecule has 24 heavy (non-hydrogen) atoms. The first kappa shape index (κ1) is 17.6. The van der Waals surface area contributed by atoms with E-state index in [4.69, 9.17) is 10.5 Å². The summed E-state index contributed by atoms with van der Waals surface area (Å²) >= 11 is 0. The molecule has 1 aliphatic carbocycles. The summed E-state index contributed by atoms with van der Waals surface area (Å²) < 4.78 is 33.1. The van der Waals surface area contributed by atoms with E-state index in [2.05, 4.69) is 0 Å². The lowest BCUT2D eigenvalue weighted by Crippen LogP contribution is -2.48. The summed E-state index contributed by atoms with van der Waals surface area (Å²) in [7, 11) is 0. The van der Waals surface area contributed by atoms with E-state index >= 15 is 0 Å². The Labute approximate surface area is 140 Å². The normalized spacial score (nSPS) is 30.4. The van der Waals surface area contributed by atoms with Crippen molar-refractivity contribution in [2.45, 2.75) is 57.5 Å². The predicted octanol–water partition coefficient (Wildman–Crippen LogP) is 1.94. The summed E-state index contributed by atoms with van der Waals surface area (Å²) in [4.78, 5) is 25.5. The van der Waals surface area contributed by atoms with Crippen molar-refractivity contribution >= 4 is 11.8 Å². The molecule has 2 aliphatic heterocycles. The van der Waals surface area contributed by atoms with E-state index in [1.807, 2.05) is 0 Å². The Bertz CT molecular complexity index is 508. The summed E-state index contributed by atoms with van der Waals surface area (Å²) in [6, 6.07) is 0. The van der Waals surface area contributed by atoms with E-state index in [-0.39, 0.29) is 36.7 Å². The molecule has 0 bridgehead atoms. The third-order valence-corrected chi connectivity index (χ3v) is 6.04. The Balaban J connectivity index is 1.51. The molecule has 3 rings (SSSR count). The number of halogens is 2. The quantitative estimate of drug-likeness (QED) is 0.828. The zero-order chi connectivity index (χ0) is 17.5. The summed E-state index contributed by atoms with van der Waals surface area (Å²) in [5.74, 6) is -3.53. The Morgan fingerprint density at radius 1 is 1.25 bits per heavy atom. The smallest absolute Gasteiger partial charge is 0.259 e. The fraction of sp³-hybridized carbons (Fsp3) is 0.882. The van der Waals surface area contributed by atoms with Gasteiger partial charge in [-0.25, -0.2) is 8.78 Å². The molecular formula is C17H26F2N2O3. The second-order valence-electron chi connectivity index (χ2n) is 7.65. The first-order chi connectivity index (χ1) is 11.2. The molecule has 0 aromatic rings. The van der Waals surface area contributed by atoms with Crippen LogP contribution in [0.5, 0.6) is 0 Å². The minimum atomic E-state index is -2.95. The van der Waals surface area contributed by atoms with Gasteiger partial charge < -0.3 is 15.4 Å². The topological polar surface area (TPSA) is 72.6 Å². The van der Waals surface area contributed by atoms with Crippen LogP contribution in [0.1, 0.15) is 45.4 Å². The Morgan fingerprint density at radius 3 is 2.38 bits per heavy atom. The van der Waals surface area contributed by atoms with Gasteiger partial charge in [-0.3, -0.25) is 9.59 Å². The average molecular weight is 344 g/mol. The fourth-order valence-corrected chi connectivity index (χ4v) is 4.17. The molecule has 0 radical (unpaired) electrons. The number of nitrogens with two attached hydrogens (primary N) is 1. The van der Waals surface area contributed by atoms with E-state index in [1.165, 1.54) is 0 Å². The van der Waals surface area contributed by atoms with Crippen molar-refractivity contribution in [3.05, 3.63) is 0 Å². The Kier molecular flexibility index (Phi) is 4.57. The van der Waals surface area contributed by atoms with Crippen molar-refractivity contribution in [2.75, 3.05) is 19.7 Å². The minimum Gasteiger partial charge on any atom is -0.377 e. The molecule has 7 heteroatoms. The second-order valence-corrected chi connectivity index (χ2v) is 7.65. The third-order valence-electron chi connectivity index (χ3n) is 6.04. The lowest BCUT2D eigenvalue weighted by Gasteiger charge is -2.36. The molecule has 2 heterocycles. The molecule has 0 aromatic carbocycles. The van der Waals surface area contributed by atoms with Gasteiger partial charge in [0.2, 0.25) is 11.8 Å². The number of piperidine rings is 1. The molecule has 3 aliphatic rings. The van der Waals surface area contributed by atoms with Gasteiger partial charge in [0.15, 0.2) is 0 Å². The van der Waals surface area contributed by atoms with Crippen LogP contribution in [-0.4, -0.2) is 48.4 Å². The van der Waals surface area contributed by atoms with E-state index < -0.39 is 11.3 Å². The van der Waals surface area contributed by atoms with Crippen LogP contribution in [0.4, 0.5) is 8.78 Å². The molecule has 0 aromatic heterocycles. The number of carbonyl (C=O) groups excluding carboxylic acids is 2. The van der Waals surface area contributed by atoms with Gasteiger partial charge in [-0.05, 0) is 44.4 Å². The monoisotopic (exact) mass is 344 g/mol. The number of amides is 2. The highest BCUT2D eigenvalue weighted by Gasteiger charge is 2.65. The molecule has 2 saturated heterocycles. The number of alkyl halides is 2. The number of hydrogen-bond donors (Lipinski definition) is 1. The Hall–Kier alpha value is -1.24. The second kappa shape index (κ2) is 6.24. The zero-order valence-electron chi connectivity index (χ0n) is 14.1. The number of hydrogen-bond acceptors (Lipinski definition) is 3. The van der Waals surface area contributed by atoms with Gasteiger partial charge in [-0.2, -0.15) is 0 Å². The lowest BCUT2D eigenvalue weighted by atomic mass is 9.86. The average Bonchev–Trinajstić information content (AvgIpc) is 3.22. The molecule has 1 saturated carbocycles. The van der Waals surface area contributed by atoms with Crippen LogP contribution in [0.25, 0.3) is 0 Å². The molecule has 136 valence electrons. The number of ether oxygens (including phenoxy) is 1. The first-order valence-corrected chi connectivity index (χ1v) is 8.83. The van der Waals surface area contributed by atoms with Gasteiger partial charge in [0.1, 0.15) is 5.41 Å². The number of primary amides is 1. The third kappa shape index (κ3) is 3.15. The molecule has 5 nitrogen and oxygen atoms in total. The van der Waals surface area contributed by atoms with Gasteiger partial charge in [-0.15, -0.1) is 0 Å². The van der Waals surface area contributed by atoms with Crippen LogP contribution in [0.3, 0.4) is 0 Å². The molecule has 2 amide bonds. The standard InChI is InChI=1S/C17H26F2N2O3/c1-16(18,19)17(5-6-17)15(23)21-7-2-11(3-8-21)10-13-12(14(20)22)4-9-24-13/h11-13H,2-10H2,1H3,(H2,20,22)/t12-,13-/m1/s1. The van der Waals surface area contributed by atoms with Crippen molar-refractivity contribution in [3.8, 4) is 0 Å². The minimum absolute atomic E-state index is 0.135. The van der Waals surface area contributed by atoms with E-state index in [0.717, 1.165) is 26.2 Å². The van der Waals surface area contributed by atoms with E-state index in [0.29, 0.717) is 32.0 Å². The van der Waals surface area contributed by atoms with E-state index in [1.54, 1.807) is 4.90 Å². The number of rotatable bonds is 5. The Morgan fingerprint density at radius 2 is 1.88 bits per heavy atom. The van der Waals surface area contributed by atoms with Crippen LogP contribution in [0.15, 0.2) is 0 Å². The predicted molar refractivity (Wildman–Crippen MR) is 83.3 cm³/mol. The summed E-state index contributed by atoms with van der Waals surface area (Å²) in [5, 5.41) is 0. The van der Waals surface area contributed by atoms with E-state index in [9.17, 15) is 18.4 Å². The van der Waals surface area contributed by atoms with Crippen LogP contribution < -0.4 is 5.73 Å². The highest BCUT2D eigenvalue weighted by molar-refractivity contribution is 5.86. The van der Waals surface area contributed by atoms with Crippen LogP contribution in [-0.2, 0) is 14.3 Å². The summed E-state index contributed by atoms with van der Waals surface area (Å²) in [5.41, 5.74) is 3.95. The van der Waals surface area contributed by atoms with Crippen molar-refractivity contribution in [3.63, 3.8) is 0 Å². The van der Waals surface area contributed by atoms with Gasteiger partial charge in [-0.1, -0.05) is 0 Å². The van der Waals surface area contributed by atoms with Crippen LogP contribution in [0.2, 0.25) is 0 Å². The van der Waals surface area contributed by atoms with Crippen molar-refractivity contribution < 1.29 is 23.1 Å². The van der Waals surface area contributed by atoms with Crippen LogP contribution in [0, 0.1) is 17.3 Å². The largest absolute Gasteiger partial charge is 0.377 e. The maximum Gasteiger partial charge on any atom is 0.259 e. The molecule has 0 spiro atoms. The SMILES string of the molecule is CC(F)(F)C1(C(=O)N2CCC(C[C@H]3OCC[C@H]3C(N)=O)CC2)CC1. The lowest BCUT2D eigenvalue weighted by molar-refractivity contribution is -0.154. The van der Waals surface area contributed by atoms with Gasteiger partial charge in [0.05, 0.1) is 12.0 Å². The van der Waals surface area contributed by atoms with Crippen LogP contribution >= 0.6 is 0 Å². The molecular weight excluding hydrogens is 318 g/mol. The molecule has 2 atom stereocenters. The molecule has 3 fully saturated rings.